The van der Waals surface area contributed by atoms with Crippen molar-refractivity contribution in [1.29, 1.82) is 0 Å². The van der Waals surface area contributed by atoms with Crippen molar-refractivity contribution >= 4 is 29.1 Å². The number of imide groups is 1. The molecular formula is C18H18N2O5S. The van der Waals surface area contributed by atoms with Gasteiger partial charge >= 0.3 is 5.97 Å². The van der Waals surface area contributed by atoms with E-state index in [1.807, 2.05) is 12.3 Å². The van der Waals surface area contributed by atoms with Crippen LogP contribution in [0.3, 0.4) is 0 Å². The summed E-state index contributed by atoms with van der Waals surface area (Å²) in [5.41, 5.74) is 1.16. The zero-order valence-electron chi connectivity index (χ0n) is 14.3. The highest BCUT2D eigenvalue weighted by molar-refractivity contribution is 7.09. The first-order valence-corrected chi connectivity index (χ1v) is 9.05. The Morgan fingerprint density at radius 2 is 2.04 bits per heavy atom. The lowest BCUT2D eigenvalue weighted by Crippen LogP contribution is -2.35. The topological polar surface area (TPSA) is 85.8 Å². The number of nitrogens with zero attached hydrogens (tertiary/aromatic N) is 2. The molecule has 0 aliphatic carbocycles. The number of amides is 2. The van der Waals surface area contributed by atoms with Crippen molar-refractivity contribution < 1.29 is 23.9 Å². The number of carbonyl (C=O) groups is 3. The fourth-order valence-electron chi connectivity index (χ4n) is 2.52. The average molecular weight is 374 g/mol. The largest absolute Gasteiger partial charge is 0.487 e. The number of thiazole rings is 1. The van der Waals surface area contributed by atoms with Gasteiger partial charge in [-0.25, -0.2) is 9.78 Å². The fourth-order valence-corrected chi connectivity index (χ4v) is 3.12. The molecule has 7 nitrogen and oxygen atoms in total. The first kappa shape index (κ1) is 18.1. The molecule has 2 amide bonds. The summed E-state index contributed by atoms with van der Waals surface area (Å²) in [6.45, 7) is 2.23. The van der Waals surface area contributed by atoms with Gasteiger partial charge in [0.1, 0.15) is 12.4 Å². The van der Waals surface area contributed by atoms with Crippen LogP contribution in [-0.4, -0.2) is 40.8 Å². The van der Waals surface area contributed by atoms with Crippen molar-refractivity contribution in [2.75, 3.05) is 13.2 Å². The predicted molar refractivity (Wildman–Crippen MR) is 93.9 cm³/mol. The second kappa shape index (κ2) is 8.09. The molecule has 1 fully saturated rings. The van der Waals surface area contributed by atoms with E-state index in [9.17, 15) is 14.4 Å². The zero-order valence-corrected chi connectivity index (χ0v) is 15.1. The summed E-state index contributed by atoms with van der Waals surface area (Å²) in [6.07, 6.45) is 1.02. The predicted octanol–water partition coefficient (Wildman–Crippen LogP) is 2.34. The molecular weight excluding hydrogens is 356 g/mol. The van der Waals surface area contributed by atoms with Gasteiger partial charge in [-0.1, -0.05) is 0 Å². The van der Waals surface area contributed by atoms with E-state index < -0.39 is 18.5 Å². The monoisotopic (exact) mass is 374 g/mol. The quantitative estimate of drug-likeness (QED) is 0.722. The molecule has 1 saturated heterocycles. The van der Waals surface area contributed by atoms with Gasteiger partial charge in [0.15, 0.2) is 6.61 Å². The molecule has 0 saturated carbocycles. The summed E-state index contributed by atoms with van der Waals surface area (Å²) >= 11 is 1.56. The number of benzene rings is 1. The van der Waals surface area contributed by atoms with Crippen molar-refractivity contribution in [1.82, 2.24) is 9.88 Å². The van der Waals surface area contributed by atoms with Crippen LogP contribution in [0.15, 0.2) is 29.6 Å². The highest BCUT2D eigenvalue weighted by Crippen LogP contribution is 2.16. The summed E-state index contributed by atoms with van der Waals surface area (Å²) < 4.78 is 10.6. The van der Waals surface area contributed by atoms with Crippen molar-refractivity contribution in [3.8, 4) is 5.75 Å². The van der Waals surface area contributed by atoms with E-state index in [0.717, 1.165) is 15.6 Å². The lowest BCUT2D eigenvalue weighted by molar-refractivity contribution is -0.143. The molecule has 0 unspecified atom stereocenters. The van der Waals surface area contributed by atoms with Crippen LogP contribution < -0.4 is 4.74 Å². The summed E-state index contributed by atoms with van der Waals surface area (Å²) in [7, 11) is 0. The van der Waals surface area contributed by atoms with Crippen molar-refractivity contribution in [2.24, 2.45) is 0 Å². The van der Waals surface area contributed by atoms with Gasteiger partial charge in [-0.15, -0.1) is 11.3 Å². The summed E-state index contributed by atoms with van der Waals surface area (Å²) in [6, 6.07) is 6.44. The molecule has 0 radical (unpaired) electrons. The first-order chi connectivity index (χ1) is 12.5. The summed E-state index contributed by atoms with van der Waals surface area (Å²) in [4.78, 5) is 40.8. The maximum Gasteiger partial charge on any atom is 0.338 e. The Hall–Kier alpha value is -2.74. The number of aryl methyl sites for hydroxylation is 1. The highest BCUT2D eigenvalue weighted by Gasteiger charge is 2.27. The maximum absolute atomic E-state index is 12.0. The number of aromatic nitrogens is 1. The third-order valence-corrected chi connectivity index (χ3v) is 4.67. The van der Waals surface area contributed by atoms with Crippen LogP contribution in [-0.2, 0) is 20.9 Å². The van der Waals surface area contributed by atoms with E-state index in [2.05, 4.69) is 4.98 Å². The van der Waals surface area contributed by atoms with Crippen LogP contribution in [0.2, 0.25) is 0 Å². The van der Waals surface area contributed by atoms with Crippen LogP contribution in [0.4, 0.5) is 0 Å². The van der Waals surface area contributed by atoms with Crippen molar-refractivity contribution in [3.05, 3.63) is 45.9 Å². The standard InChI is InChI=1S/C18H18N2O5S/c1-12-19-14(11-26-12)9-24-15-6-4-13(5-7-15)18(23)25-10-17(22)20-8-2-3-16(20)21/h4-7,11H,2-3,8-10H2,1H3. The zero-order chi connectivity index (χ0) is 18.5. The summed E-state index contributed by atoms with van der Waals surface area (Å²) in [5, 5.41) is 2.91. The van der Waals surface area contributed by atoms with Crippen LogP contribution in [0.5, 0.6) is 5.75 Å². The average Bonchev–Trinajstić information content (AvgIpc) is 3.26. The van der Waals surface area contributed by atoms with Gasteiger partial charge in [0.05, 0.1) is 16.3 Å². The molecule has 8 heteroatoms. The van der Waals surface area contributed by atoms with Gasteiger partial charge in [0.25, 0.3) is 5.91 Å². The molecule has 0 bridgehead atoms. The molecule has 1 aromatic heterocycles. The minimum atomic E-state index is -0.619. The van der Waals surface area contributed by atoms with Gasteiger partial charge < -0.3 is 9.47 Å². The van der Waals surface area contributed by atoms with Crippen molar-refractivity contribution in [2.45, 2.75) is 26.4 Å². The molecule has 0 atom stereocenters. The van der Waals surface area contributed by atoms with Crippen molar-refractivity contribution in [3.63, 3.8) is 0 Å². The molecule has 2 heterocycles. The number of hydrogen-bond acceptors (Lipinski definition) is 7. The number of hydrogen-bond donors (Lipinski definition) is 0. The van der Waals surface area contributed by atoms with E-state index in [-0.39, 0.29) is 5.91 Å². The van der Waals surface area contributed by atoms with Gasteiger partial charge in [-0.05, 0) is 37.6 Å². The Balaban J connectivity index is 1.48. The molecule has 0 N–H and O–H groups in total. The summed E-state index contributed by atoms with van der Waals surface area (Å²) in [5.74, 6) is -0.722. The molecule has 3 rings (SSSR count). The van der Waals surface area contributed by atoms with E-state index in [1.165, 1.54) is 0 Å². The van der Waals surface area contributed by atoms with Gasteiger partial charge in [0, 0.05) is 18.3 Å². The number of esters is 1. The van der Waals surface area contributed by atoms with E-state index >= 15 is 0 Å². The van der Waals surface area contributed by atoms with Gasteiger partial charge in [0.2, 0.25) is 5.91 Å². The molecule has 0 spiro atoms. The lowest BCUT2D eigenvalue weighted by Gasteiger charge is -2.13. The van der Waals surface area contributed by atoms with Crippen LogP contribution >= 0.6 is 11.3 Å². The molecule has 136 valence electrons. The normalized spacial score (nSPS) is 13.7. The highest BCUT2D eigenvalue weighted by atomic mass is 32.1. The minimum Gasteiger partial charge on any atom is -0.487 e. The fraction of sp³-hybridized carbons (Fsp3) is 0.333. The third kappa shape index (κ3) is 4.45. The minimum absolute atomic E-state index is 0.220. The Morgan fingerprint density at radius 1 is 1.27 bits per heavy atom. The van der Waals surface area contributed by atoms with Crippen LogP contribution in [0, 0.1) is 6.92 Å². The third-order valence-electron chi connectivity index (χ3n) is 3.84. The Morgan fingerprint density at radius 3 is 2.65 bits per heavy atom. The molecule has 1 aliphatic heterocycles. The number of carbonyl (C=O) groups excluding carboxylic acids is 3. The second-order valence-corrected chi connectivity index (χ2v) is 6.85. The maximum atomic E-state index is 12.0. The number of ether oxygens (including phenoxy) is 2. The van der Waals surface area contributed by atoms with Gasteiger partial charge in [-0.3, -0.25) is 14.5 Å². The SMILES string of the molecule is Cc1nc(COc2ccc(C(=O)OCC(=O)N3CCCC3=O)cc2)cs1. The smallest absolute Gasteiger partial charge is 0.338 e. The molecule has 1 aliphatic rings. The van der Waals surface area contributed by atoms with E-state index in [0.29, 0.717) is 37.3 Å². The second-order valence-electron chi connectivity index (χ2n) is 5.79. The number of likely N-dealkylation sites (tertiary alicyclic amines) is 1. The molecule has 1 aromatic carbocycles. The van der Waals surface area contributed by atoms with E-state index in [4.69, 9.17) is 9.47 Å². The number of rotatable bonds is 6. The first-order valence-electron chi connectivity index (χ1n) is 8.17. The van der Waals surface area contributed by atoms with Crippen LogP contribution in [0.1, 0.15) is 33.9 Å². The van der Waals surface area contributed by atoms with Gasteiger partial charge in [-0.2, -0.15) is 0 Å². The Kier molecular flexibility index (Phi) is 5.62. The van der Waals surface area contributed by atoms with E-state index in [1.54, 1.807) is 35.6 Å². The molecule has 2 aromatic rings. The Bertz CT molecular complexity index is 815. The molecule has 26 heavy (non-hydrogen) atoms. The Labute approximate surface area is 154 Å². The van der Waals surface area contributed by atoms with Crippen LogP contribution in [0.25, 0.3) is 0 Å². The lowest BCUT2D eigenvalue weighted by atomic mass is 10.2.